The van der Waals surface area contributed by atoms with Crippen molar-refractivity contribution in [1.82, 2.24) is 9.62 Å². The summed E-state index contributed by atoms with van der Waals surface area (Å²) in [5.41, 5.74) is 1.82. The largest absolute Gasteiger partial charge is 0.349 e. The maximum atomic E-state index is 13.2. The van der Waals surface area contributed by atoms with Gasteiger partial charge in [-0.15, -0.1) is 11.3 Å². The van der Waals surface area contributed by atoms with E-state index in [1.54, 1.807) is 12.1 Å². The van der Waals surface area contributed by atoms with E-state index >= 15 is 0 Å². The van der Waals surface area contributed by atoms with Crippen molar-refractivity contribution in [1.29, 1.82) is 0 Å². The molecule has 2 heterocycles. The molecule has 4 rings (SSSR count). The summed E-state index contributed by atoms with van der Waals surface area (Å²) in [7, 11) is -3.71. The van der Waals surface area contributed by atoms with E-state index < -0.39 is 10.0 Å². The predicted molar refractivity (Wildman–Crippen MR) is 125 cm³/mol. The number of carbonyl (C=O) groups is 2. The molecule has 1 aromatic heterocycles. The Morgan fingerprint density at radius 3 is 2.62 bits per heavy atom. The standard InChI is InChI=1S/C23H27N3O4S2/c1-2-22(27)24-18-7-3-4-13-26(15-18)32(29,30)19-11-9-17(10-12-19)25-23(28)21-14-16-6-5-8-20(16)31-21/h2,9-12,14,18H,1,3-8,13,15H2,(H,24,27)(H,25,28). The second-order valence-corrected chi connectivity index (χ2v) is 11.2. The normalized spacial score (nSPS) is 19.1. The van der Waals surface area contributed by atoms with E-state index in [0.717, 1.165) is 38.5 Å². The predicted octanol–water partition coefficient (Wildman–Crippen LogP) is 3.33. The number of carbonyl (C=O) groups excluding carboxylic acids is 2. The van der Waals surface area contributed by atoms with Crippen molar-refractivity contribution < 1.29 is 18.0 Å². The van der Waals surface area contributed by atoms with Gasteiger partial charge in [-0.25, -0.2) is 8.42 Å². The van der Waals surface area contributed by atoms with Gasteiger partial charge >= 0.3 is 0 Å². The van der Waals surface area contributed by atoms with Crippen LogP contribution in [0.5, 0.6) is 0 Å². The smallest absolute Gasteiger partial charge is 0.265 e. The molecule has 32 heavy (non-hydrogen) atoms. The molecule has 2 N–H and O–H groups in total. The van der Waals surface area contributed by atoms with Crippen LogP contribution < -0.4 is 10.6 Å². The number of anilines is 1. The fourth-order valence-corrected chi connectivity index (χ4v) is 6.87. The van der Waals surface area contributed by atoms with Crippen LogP contribution in [0.25, 0.3) is 0 Å². The molecule has 1 saturated heterocycles. The average Bonchev–Trinajstić information content (AvgIpc) is 3.30. The first-order chi connectivity index (χ1) is 15.4. The van der Waals surface area contributed by atoms with Crippen LogP contribution in [0.1, 0.15) is 45.8 Å². The van der Waals surface area contributed by atoms with Gasteiger partial charge < -0.3 is 10.6 Å². The highest BCUT2D eigenvalue weighted by Crippen LogP contribution is 2.31. The SMILES string of the molecule is C=CC(=O)NC1CCCCN(S(=O)(=O)c2ccc(NC(=O)c3cc4c(s3)CCC4)cc2)C1. The summed E-state index contributed by atoms with van der Waals surface area (Å²) < 4.78 is 27.8. The van der Waals surface area contributed by atoms with Crippen LogP contribution in [0, 0.1) is 0 Å². The van der Waals surface area contributed by atoms with Crippen molar-refractivity contribution in [3.63, 3.8) is 0 Å². The summed E-state index contributed by atoms with van der Waals surface area (Å²) in [4.78, 5) is 26.4. The maximum absolute atomic E-state index is 13.2. The van der Waals surface area contributed by atoms with E-state index in [9.17, 15) is 18.0 Å². The molecule has 1 unspecified atom stereocenters. The Balaban J connectivity index is 1.44. The molecule has 2 aromatic rings. The van der Waals surface area contributed by atoms with Gasteiger partial charge in [-0.2, -0.15) is 4.31 Å². The first-order valence-electron chi connectivity index (χ1n) is 10.8. The molecule has 2 amide bonds. The number of fused-ring (bicyclic) bond motifs is 1. The van der Waals surface area contributed by atoms with E-state index in [1.807, 2.05) is 6.07 Å². The van der Waals surface area contributed by atoms with E-state index in [-0.39, 0.29) is 29.3 Å². The molecule has 2 aliphatic rings. The van der Waals surface area contributed by atoms with E-state index in [4.69, 9.17) is 0 Å². The van der Waals surface area contributed by atoms with Gasteiger partial charge in [-0.1, -0.05) is 13.0 Å². The number of hydrogen-bond donors (Lipinski definition) is 2. The van der Waals surface area contributed by atoms with Gasteiger partial charge in [0.1, 0.15) is 0 Å². The summed E-state index contributed by atoms with van der Waals surface area (Å²) in [6, 6.07) is 7.97. The minimum absolute atomic E-state index is 0.168. The Morgan fingerprint density at radius 1 is 1.12 bits per heavy atom. The lowest BCUT2D eigenvalue weighted by Crippen LogP contribution is -2.44. The number of sulfonamides is 1. The van der Waals surface area contributed by atoms with Crippen LogP contribution in [0.15, 0.2) is 47.9 Å². The topological polar surface area (TPSA) is 95.6 Å². The fraction of sp³-hybridized carbons (Fsp3) is 0.391. The number of amides is 2. The quantitative estimate of drug-likeness (QED) is 0.629. The molecule has 1 aromatic carbocycles. The molecule has 1 fully saturated rings. The molecule has 7 nitrogen and oxygen atoms in total. The molecule has 1 aliphatic heterocycles. The number of aryl methyl sites for hydroxylation is 2. The van der Waals surface area contributed by atoms with Gasteiger partial charge in [0.25, 0.3) is 5.91 Å². The number of hydrogen-bond acceptors (Lipinski definition) is 5. The summed E-state index contributed by atoms with van der Waals surface area (Å²) in [5, 5.41) is 5.67. The van der Waals surface area contributed by atoms with Crippen LogP contribution in [0.4, 0.5) is 5.69 Å². The number of benzene rings is 1. The van der Waals surface area contributed by atoms with Crippen LogP contribution in [0.2, 0.25) is 0 Å². The Bertz CT molecular complexity index is 1100. The number of thiophene rings is 1. The maximum Gasteiger partial charge on any atom is 0.265 e. The Kier molecular flexibility index (Phi) is 6.78. The molecule has 0 bridgehead atoms. The zero-order valence-corrected chi connectivity index (χ0v) is 19.4. The first-order valence-corrected chi connectivity index (χ1v) is 13.1. The Hall–Kier alpha value is -2.49. The second-order valence-electron chi connectivity index (χ2n) is 8.16. The number of rotatable bonds is 6. The summed E-state index contributed by atoms with van der Waals surface area (Å²) in [6.45, 7) is 4.09. The molecule has 0 radical (unpaired) electrons. The highest BCUT2D eigenvalue weighted by molar-refractivity contribution is 7.89. The van der Waals surface area contributed by atoms with Crippen molar-refractivity contribution in [3.8, 4) is 0 Å². The van der Waals surface area contributed by atoms with Crippen molar-refractivity contribution in [2.24, 2.45) is 0 Å². The molecule has 9 heteroatoms. The van der Waals surface area contributed by atoms with Gasteiger partial charge in [-0.05, 0) is 74.1 Å². The van der Waals surface area contributed by atoms with Gasteiger partial charge in [0.15, 0.2) is 0 Å². The second kappa shape index (κ2) is 9.56. The fourth-order valence-electron chi connectivity index (χ4n) is 4.20. The van der Waals surface area contributed by atoms with E-state index in [1.165, 1.54) is 44.3 Å². The Morgan fingerprint density at radius 2 is 1.91 bits per heavy atom. The highest BCUT2D eigenvalue weighted by atomic mass is 32.2. The monoisotopic (exact) mass is 473 g/mol. The molecule has 1 atom stereocenters. The number of nitrogens with one attached hydrogen (secondary N) is 2. The van der Waals surface area contributed by atoms with Crippen LogP contribution in [0.3, 0.4) is 0 Å². The molecule has 170 valence electrons. The highest BCUT2D eigenvalue weighted by Gasteiger charge is 2.29. The average molecular weight is 474 g/mol. The third-order valence-electron chi connectivity index (χ3n) is 5.89. The van der Waals surface area contributed by atoms with Gasteiger partial charge in [0, 0.05) is 29.7 Å². The Labute approximate surface area is 192 Å². The van der Waals surface area contributed by atoms with E-state index in [2.05, 4.69) is 17.2 Å². The minimum Gasteiger partial charge on any atom is -0.349 e. The first kappa shape index (κ1) is 22.7. The zero-order valence-electron chi connectivity index (χ0n) is 17.8. The minimum atomic E-state index is -3.71. The van der Waals surface area contributed by atoms with Crippen molar-refractivity contribution >= 4 is 38.9 Å². The summed E-state index contributed by atoms with van der Waals surface area (Å²) in [5.74, 6) is -0.473. The lowest BCUT2D eigenvalue weighted by atomic mass is 10.1. The molecule has 0 saturated carbocycles. The summed E-state index contributed by atoms with van der Waals surface area (Å²) in [6.07, 6.45) is 6.71. The van der Waals surface area contributed by atoms with Gasteiger partial charge in [0.05, 0.1) is 9.77 Å². The van der Waals surface area contributed by atoms with Crippen molar-refractivity contribution in [2.75, 3.05) is 18.4 Å². The third-order valence-corrected chi connectivity index (χ3v) is 9.00. The molecule has 0 spiro atoms. The van der Waals surface area contributed by atoms with Crippen LogP contribution >= 0.6 is 11.3 Å². The zero-order chi connectivity index (χ0) is 22.7. The number of nitrogens with zero attached hydrogens (tertiary/aromatic N) is 1. The van der Waals surface area contributed by atoms with E-state index in [0.29, 0.717) is 17.1 Å². The van der Waals surface area contributed by atoms with Crippen molar-refractivity contribution in [3.05, 3.63) is 58.3 Å². The van der Waals surface area contributed by atoms with Crippen LogP contribution in [-0.2, 0) is 27.7 Å². The van der Waals surface area contributed by atoms with Gasteiger partial charge in [0.2, 0.25) is 15.9 Å². The molecule has 1 aliphatic carbocycles. The third kappa shape index (κ3) is 4.95. The lowest BCUT2D eigenvalue weighted by Gasteiger charge is -2.24. The van der Waals surface area contributed by atoms with Gasteiger partial charge in [-0.3, -0.25) is 9.59 Å². The molecular weight excluding hydrogens is 446 g/mol. The molecular formula is C23H27N3O4S2. The lowest BCUT2D eigenvalue weighted by molar-refractivity contribution is -0.117. The van der Waals surface area contributed by atoms with Crippen molar-refractivity contribution in [2.45, 2.75) is 49.5 Å². The summed E-state index contributed by atoms with van der Waals surface area (Å²) >= 11 is 1.53. The van der Waals surface area contributed by atoms with Crippen LogP contribution in [-0.4, -0.2) is 43.7 Å².